The molecular formula is C12H16ClNO. The number of halogens is 1. The molecular weight excluding hydrogens is 210 g/mol. The molecule has 82 valence electrons. The number of benzene rings is 1. The van der Waals surface area contributed by atoms with Gasteiger partial charge in [-0.2, -0.15) is 0 Å². The van der Waals surface area contributed by atoms with Gasteiger partial charge in [0.1, 0.15) is 5.75 Å². The van der Waals surface area contributed by atoms with E-state index in [9.17, 15) is 5.11 Å². The van der Waals surface area contributed by atoms with Gasteiger partial charge in [0.25, 0.3) is 0 Å². The van der Waals surface area contributed by atoms with Gasteiger partial charge in [-0.1, -0.05) is 24.1 Å². The van der Waals surface area contributed by atoms with Gasteiger partial charge < -0.3 is 10.8 Å². The molecule has 0 saturated heterocycles. The number of phenolic OH excluding ortho intramolecular Hbond substituents is 1. The molecule has 0 unspecified atom stereocenters. The first-order valence-corrected chi connectivity index (χ1v) is 5.75. The van der Waals surface area contributed by atoms with Crippen LogP contribution >= 0.6 is 11.6 Å². The second-order valence-corrected chi connectivity index (χ2v) is 4.71. The molecule has 0 aliphatic heterocycles. The predicted molar refractivity (Wildman–Crippen MR) is 62.3 cm³/mol. The maximum atomic E-state index is 9.89. The molecule has 15 heavy (non-hydrogen) atoms. The molecule has 3 N–H and O–H groups in total. The summed E-state index contributed by atoms with van der Waals surface area (Å²) in [5, 5.41) is 10.6. The van der Waals surface area contributed by atoms with Gasteiger partial charge in [0.05, 0.1) is 0 Å². The molecule has 1 aromatic carbocycles. The van der Waals surface area contributed by atoms with E-state index in [0.29, 0.717) is 17.3 Å². The van der Waals surface area contributed by atoms with Gasteiger partial charge in [-0.25, -0.2) is 0 Å². The normalized spacial score (nSPS) is 18.5. The fraction of sp³-hybridized carbons (Fsp3) is 0.500. The number of hydrogen-bond acceptors (Lipinski definition) is 2. The third kappa shape index (κ3) is 1.72. The third-order valence-electron chi connectivity index (χ3n) is 3.46. The van der Waals surface area contributed by atoms with Crippen molar-refractivity contribution in [2.45, 2.75) is 31.1 Å². The topological polar surface area (TPSA) is 46.2 Å². The van der Waals surface area contributed by atoms with E-state index >= 15 is 0 Å². The molecule has 1 aliphatic carbocycles. The average Bonchev–Trinajstić information content (AvgIpc) is 2.13. The van der Waals surface area contributed by atoms with Crippen LogP contribution in [0.25, 0.3) is 0 Å². The van der Waals surface area contributed by atoms with Crippen LogP contribution in [-0.4, -0.2) is 11.7 Å². The quantitative estimate of drug-likeness (QED) is 0.831. The van der Waals surface area contributed by atoms with E-state index < -0.39 is 0 Å². The number of hydrogen-bond donors (Lipinski definition) is 2. The summed E-state index contributed by atoms with van der Waals surface area (Å²) in [6.45, 7) is 0.644. The highest BCUT2D eigenvalue weighted by molar-refractivity contribution is 6.31. The zero-order valence-electron chi connectivity index (χ0n) is 8.67. The van der Waals surface area contributed by atoms with Crippen molar-refractivity contribution >= 4 is 11.6 Å². The van der Waals surface area contributed by atoms with E-state index in [2.05, 4.69) is 0 Å². The monoisotopic (exact) mass is 225 g/mol. The van der Waals surface area contributed by atoms with E-state index in [1.165, 1.54) is 6.42 Å². The van der Waals surface area contributed by atoms with Crippen LogP contribution in [0, 0.1) is 0 Å². The lowest BCUT2D eigenvalue weighted by molar-refractivity contribution is 0.223. The molecule has 1 saturated carbocycles. The smallest absolute Gasteiger partial charge is 0.120 e. The Morgan fingerprint density at radius 1 is 1.40 bits per heavy atom. The lowest BCUT2D eigenvalue weighted by atomic mass is 9.62. The van der Waals surface area contributed by atoms with Gasteiger partial charge in [0.2, 0.25) is 0 Å². The Balaban J connectivity index is 2.42. The second kappa shape index (κ2) is 4.03. The van der Waals surface area contributed by atoms with E-state index in [0.717, 1.165) is 24.8 Å². The molecule has 1 aliphatic rings. The first-order valence-electron chi connectivity index (χ1n) is 5.38. The van der Waals surface area contributed by atoms with E-state index in [1.54, 1.807) is 12.1 Å². The van der Waals surface area contributed by atoms with Crippen molar-refractivity contribution in [3.05, 3.63) is 28.8 Å². The lowest BCUT2D eigenvalue weighted by Crippen LogP contribution is -2.36. The van der Waals surface area contributed by atoms with Gasteiger partial charge in [-0.3, -0.25) is 0 Å². The Bertz CT molecular complexity index is 340. The molecule has 2 rings (SSSR count). The summed E-state index contributed by atoms with van der Waals surface area (Å²) in [6, 6.07) is 5.32. The summed E-state index contributed by atoms with van der Waals surface area (Å²) >= 11 is 6.16. The van der Waals surface area contributed by atoms with Gasteiger partial charge in [0, 0.05) is 16.0 Å². The molecule has 0 heterocycles. The van der Waals surface area contributed by atoms with Crippen LogP contribution in [0.4, 0.5) is 0 Å². The van der Waals surface area contributed by atoms with Crippen molar-refractivity contribution in [1.82, 2.24) is 0 Å². The van der Waals surface area contributed by atoms with E-state index in [4.69, 9.17) is 17.3 Å². The lowest BCUT2D eigenvalue weighted by Gasteiger charge is -2.43. The summed E-state index contributed by atoms with van der Waals surface area (Å²) in [4.78, 5) is 0. The second-order valence-electron chi connectivity index (χ2n) is 4.31. The summed E-state index contributed by atoms with van der Waals surface area (Å²) in [6.07, 6.45) is 4.28. The molecule has 2 nitrogen and oxygen atoms in total. The van der Waals surface area contributed by atoms with Crippen molar-refractivity contribution in [3.8, 4) is 5.75 Å². The third-order valence-corrected chi connectivity index (χ3v) is 3.77. The highest BCUT2D eigenvalue weighted by Gasteiger charge is 2.40. The van der Waals surface area contributed by atoms with Crippen LogP contribution in [-0.2, 0) is 5.41 Å². The average molecular weight is 226 g/mol. The Hall–Kier alpha value is -0.730. The zero-order valence-corrected chi connectivity index (χ0v) is 9.43. The summed E-state index contributed by atoms with van der Waals surface area (Å²) in [7, 11) is 0. The van der Waals surface area contributed by atoms with Gasteiger partial charge in [-0.15, -0.1) is 0 Å². The fourth-order valence-electron chi connectivity index (χ4n) is 2.54. The Morgan fingerprint density at radius 3 is 2.60 bits per heavy atom. The minimum absolute atomic E-state index is 0.0389. The van der Waals surface area contributed by atoms with Crippen molar-refractivity contribution in [2.75, 3.05) is 6.54 Å². The van der Waals surface area contributed by atoms with Crippen LogP contribution in [0.1, 0.15) is 31.2 Å². The predicted octanol–water partition coefficient (Wildman–Crippen LogP) is 2.82. The molecule has 0 aromatic heterocycles. The molecule has 0 atom stereocenters. The molecule has 1 fully saturated rings. The minimum atomic E-state index is 0.0389. The molecule has 1 aromatic rings. The van der Waals surface area contributed by atoms with Crippen molar-refractivity contribution < 1.29 is 5.11 Å². The SMILES string of the molecule is NCCC1(c2c(O)cccc2Cl)CCC1. The van der Waals surface area contributed by atoms with Crippen LogP contribution in [0.5, 0.6) is 5.75 Å². The summed E-state index contributed by atoms with van der Waals surface area (Å²) in [5.74, 6) is 0.315. The molecule has 0 spiro atoms. The van der Waals surface area contributed by atoms with E-state index in [1.807, 2.05) is 6.07 Å². The zero-order chi connectivity index (χ0) is 10.9. The van der Waals surface area contributed by atoms with Gasteiger partial charge >= 0.3 is 0 Å². The summed E-state index contributed by atoms with van der Waals surface area (Å²) < 4.78 is 0. The summed E-state index contributed by atoms with van der Waals surface area (Å²) in [5.41, 5.74) is 6.58. The molecule has 0 radical (unpaired) electrons. The Labute approximate surface area is 95.1 Å². The first kappa shape index (κ1) is 10.8. The number of rotatable bonds is 3. The number of aromatic hydroxyl groups is 1. The standard InChI is InChI=1S/C12H16ClNO/c13-9-3-1-4-10(15)11(9)12(7-8-14)5-2-6-12/h1,3-4,15H,2,5-8,14H2. The highest BCUT2D eigenvalue weighted by atomic mass is 35.5. The number of phenols is 1. The fourth-order valence-corrected chi connectivity index (χ4v) is 2.91. The van der Waals surface area contributed by atoms with Crippen LogP contribution in [0.3, 0.4) is 0 Å². The van der Waals surface area contributed by atoms with Gasteiger partial charge in [0.15, 0.2) is 0 Å². The number of nitrogens with two attached hydrogens (primary N) is 1. The van der Waals surface area contributed by atoms with Gasteiger partial charge in [-0.05, 0) is 37.9 Å². The first-order chi connectivity index (χ1) is 7.19. The molecule has 3 heteroatoms. The maximum absolute atomic E-state index is 9.89. The van der Waals surface area contributed by atoms with Crippen LogP contribution in [0.2, 0.25) is 5.02 Å². The van der Waals surface area contributed by atoms with E-state index in [-0.39, 0.29) is 5.41 Å². The molecule has 0 bridgehead atoms. The van der Waals surface area contributed by atoms with Crippen molar-refractivity contribution in [1.29, 1.82) is 0 Å². The highest BCUT2D eigenvalue weighted by Crippen LogP contribution is 2.51. The van der Waals surface area contributed by atoms with Crippen LogP contribution in [0.15, 0.2) is 18.2 Å². The largest absolute Gasteiger partial charge is 0.508 e. The Kier molecular flexibility index (Phi) is 2.89. The Morgan fingerprint density at radius 2 is 2.13 bits per heavy atom. The molecule has 0 amide bonds. The minimum Gasteiger partial charge on any atom is -0.508 e. The van der Waals surface area contributed by atoms with Crippen LogP contribution < -0.4 is 5.73 Å². The van der Waals surface area contributed by atoms with Crippen molar-refractivity contribution in [2.24, 2.45) is 5.73 Å². The van der Waals surface area contributed by atoms with Crippen molar-refractivity contribution in [3.63, 3.8) is 0 Å². The maximum Gasteiger partial charge on any atom is 0.120 e.